The zero-order valence-corrected chi connectivity index (χ0v) is 14.5. The van der Waals surface area contributed by atoms with E-state index in [9.17, 15) is 4.79 Å². The Kier molecular flexibility index (Phi) is 5.31. The summed E-state index contributed by atoms with van der Waals surface area (Å²) in [5.74, 6) is 1.34. The van der Waals surface area contributed by atoms with Gasteiger partial charge in [0.2, 0.25) is 18.4 Å². The fourth-order valence-electron chi connectivity index (χ4n) is 2.42. The molecule has 0 radical (unpaired) electrons. The predicted molar refractivity (Wildman–Crippen MR) is 93.8 cm³/mol. The number of primary amides is 1. The van der Waals surface area contributed by atoms with Gasteiger partial charge >= 0.3 is 0 Å². The summed E-state index contributed by atoms with van der Waals surface area (Å²) in [7, 11) is 0. The molecule has 1 aliphatic rings. The molecule has 0 fully saturated rings. The minimum atomic E-state index is -0.436. The maximum Gasteiger partial charge on any atom is 0.234 e. The van der Waals surface area contributed by atoms with Crippen LogP contribution >= 0.6 is 11.6 Å². The van der Waals surface area contributed by atoms with Crippen molar-refractivity contribution in [2.24, 2.45) is 5.73 Å². The van der Waals surface area contributed by atoms with Crippen molar-refractivity contribution < 1.29 is 19.0 Å². The van der Waals surface area contributed by atoms with E-state index < -0.39 is 11.9 Å². The summed E-state index contributed by atoms with van der Waals surface area (Å²) >= 11 is 6.15. The Balaban J connectivity index is 1.73. The number of hydrogen-bond donors (Lipinski definition) is 2. The molecular formula is C18H19ClN2O4. The minimum absolute atomic E-state index is 0.125. The second-order valence-electron chi connectivity index (χ2n) is 5.67. The van der Waals surface area contributed by atoms with Crippen molar-refractivity contribution in [3.05, 3.63) is 52.5 Å². The smallest absolute Gasteiger partial charge is 0.234 e. The van der Waals surface area contributed by atoms with Crippen LogP contribution < -0.4 is 25.3 Å². The number of ether oxygens (including phenoxy) is 3. The van der Waals surface area contributed by atoms with Crippen LogP contribution in [0.25, 0.3) is 0 Å². The van der Waals surface area contributed by atoms with Gasteiger partial charge in [-0.05, 0) is 19.1 Å². The Hall–Kier alpha value is -2.44. The van der Waals surface area contributed by atoms with Crippen molar-refractivity contribution in [3.63, 3.8) is 0 Å². The van der Waals surface area contributed by atoms with Gasteiger partial charge in [0, 0.05) is 22.7 Å². The summed E-state index contributed by atoms with van der Waals surface area (Å²) in [5.41, 5.74) is 7.01. The van der Waals surface area contributed by atoms with E-state index in [2.05, 4.69) is 5.32 Å². The standard InChI is InChI=1S/C18H19ClN2O4/c1-11(18(20)22)21-8-12-6-7-15(17-16(12)24-10-25-17)23-9-13-4-2-3-5-14(13)19/h2-7,11,21H,8-10H2,1H3,(H2,20,22). The molecule has 6 nitrogen and oxygen atoms in total. The van der Waals surface area contributed by atoms with Gasteiger partial charge < -0.3 is 25.3 Å². The van der Waals surface area contributed by atoms with Crippen molar-refractivity contribution in [1.29, 1.82) is 0 Å². The molecule has 0 aromatic heterocycles. The van der Waals surface area contributed by atoms with Crippen molar-refractivity contribution >= 4 is 17.5 Å². The van der Waals surface area contributed by atoms with Crippen LogP contribution in [-0.4, -0.2) is 18.7 Å². The first-order chi connectivity index (χ1) is 12.1. The Labute approximate surface area is 150 Å². The number of nitrogens with one attached hydrogen (secondary N) is 1. The number of halogens is 1. The molecular weight excluding hydrogens is 344 g/mol. The zero-order valence-electron chi connectivity index (χ0n) is 13.8. The molecule has 1 amide bonds. The molecule has 0 saturated carbocycles. The SMILES string of the molecule is CC(NCc1ccc(OCc2ccccc2Cl)c2c1OCO2)C(N)=O. The molecule has 0 bridgehead atoms. The van der Waals surface area contributed by atoms with Crippen LogP contribution in [-0.2, 0) is 17.9 Å². The van der Waals surface area contributed by atoms with Gasteiger partial charge in [-0.15, -0.1) is 0 Å². The maximum absolute atomic E-state index is 11.1. The lowest BCUT2D eigenvalue weighted by Gasteiger charge is -2.14. The lowest BCUT2D eigenvalue weighted by molar-refractivity contribution is -0.119. The average Bonchev–Trinajstić information content (AvgIpc) is 3.09. The minimum Gasteiger partial charge on any atom is -0.485 e. The first-order valence-electron chi connectivity index (χ1n) is 7.86. The molecule has 0 spiro atoms. The monoisotopic (exact) mass is 362 g/mol. The molecule has 2 aromatic carbocycles. The van der Waals surface area contributed by atoms with E-state index in [0.29, 0.717) is 35.4 Å². The molecule has 1 aliphatic heterocycles. The molecule has 0 saturated heterocycles. The number of nitrogens with two attached hydrogens (primary N) is 1. The highest BCUT2D eigenvalue weighted by atomic mass is 35.5. The van der Waals surface area contributed by atoms with Gasteiger partial charge in [-0.3, -0.25) is 4.79 Å². The van der Waals surface area contributed by atoms with Gasteiger partial charge in [-0.1, -0.05) is 35.9 Å². The van der Waals surface area contributed by atoms with Crippen molar-refractivity contribution in [2.75, 3.05) is 6.79 Å². The highest BCUT2D eigenvalue weighted by molar-refractivity contribution is 6.31. The van der Waals surface area contributed by atoms with Crippen LogP contribution in [0.15, 0.2) is 36.4 Å². The predicted octanol–water partition coefficient (Wildman–Crippen LogP) is 2.61. The summed E-state index contributed by atoms with van der Waals surface area (Å²) in [6.07, 6.45) is 0. The lowest BCUT2D eigenvalue weighted by atomic mass is 10.1. The molecule has 3 N–H and O–H groups in total. The molecule has 0 aliphatic carbocycles. The van der Waals surface area contributed by atoms with Crippen molar-refractivity contribution in [2.45, 2.75) is 26.1 Å². The Bertz CT molecular complexity index is 782. The van der Waals surface area contributed by atoms with E-state index >= 15 is 0 Å². The Morgan fingerprint density at radius 1 is 1.24 bits per heavy atom. The second-order valence-corrected chi connectivity index (χ2v) is 6.08. The molecule has 1 heterocycles. The van der Waals surface area contributed by atoms with Crippen molar-refractivity contribution in [1.82, 2.24) is 5.32 Å². The third-order valence-corrected chi connectivity index (χ3v) is 4.30. The number of hydrogen-bond acceptors (Lipinski definition) is 5. The fraction of sp³-hybridized carbons (Fsp3) is 0.278. The maximum atomic E-state index is 11.1. The highest BCUT2D eigenvalue weighted by Gasteiger charge is 2.23. The molecule has 7 heteroatoms. The van der Waals surface area contributed by atoms with Crippen LogP contribution in [0.4, 0.5) is 0 Å². The topological polar surface area (TPSA) is 82.8 Å². The number of carbonyl (C=O) groups excluding carboxylic acids is 1. The highest BCUT2D eigenvalue weighted by Crippen LogP contribution is 2.43. The lowest BCUT2D eigenvalue weighted by Crippen LogP contribution is -2.38. The van der Waals surface area contributed by atoms with Gasteiger partial charge in [0.15, 0.2) is 11.5 Å². The van der Waals surface area contributed by atoms with E-state index in [4.69, 9.17) is 31.5 Å². The van der Waals surface area contributed by atoms with Crippen LogP contribution in [0, 0.1) is 0 Å². The summed E-state index contributed by atoms with van der Waals surface area (Å²) in [6, 6.07) is 10.8. The van der Waals surface area contributed by atoms with Crippen LogP contribution in [0.1, 0.15) is 18.1 Å². The quantitative estimate of drug-likeness (QED) is 0.791. The van der Waals surface area contributed by atoms with Crippen LogP contribution in [0.5, 0.6) is 17.2 Å². The number of rotatable bonds is 7. The second kappa shape index (κ2) is 7.63. The molecule has 1 unspecified atom stereocenters. The van der Waals surface area contributed by atoms with Crippen LogP contribution in [0.2, 0.25) is 5.02 Å². The summed E-state index contributed by atoms with van der Waals surface area (Å²) in [4.78, 5) is 11.1. The summed E-state index contributed by atoms with van der Waals surface area (Å²) in [6.45, 7) is 2.59. The van der Waals surface area contributed by atoms with E-state index in [1.807, 2.05) is 36.4 Å². The van der Waals surface area contributed by atoms with Gasteiger partial charge in [-0.2, -0.15) is 0 Å². The van der Waals surface area contributed by atoms with E-state index in [0.717, 1.165) is 11.1 Å². The largest absolute Gasteiger partial charge is 0.485 e. The molecule has 25 heavy (non-hydrogen) atoms. The van der Waals surface area contributed by atoms with E-state index in [-0.39, 0.29) is 6.79 Å². The summed E-state index contributed by atoms with van der Waals surface area (Å²) < 4.78 is 16.9. The normalized spacial score (nSPS) is 13.5. The fourth-order valence-corrected chi connectivity index (χ4v) is 2.61. The average molecular weight is 363 g/mol. The van der Waals surface area contributed by atoms with Crippen molar-refractivity contribution in [3.8, 4) is 17.2 Å². The van der Waals surface area contributed by atoms with Gasteiger partial charge in [0.25, 0.3) is 0 Å². The number of benzene rings is 2. The number of carbonyl (C=O) groups is 1. The zero-order chi connectivity index (χ0) is 17.8. The molecule has 3 rings (SSSR count). The van der Waals surface area contributed by atoms with E-state index in [1.54, 1.807) is 6.92 Å². The molecule has 1 atom stereocenters. The van der Waals surface area contributed by atoms with E-state index in [1.165, 1.54) is 0 Å². The van der Waals surface area contributed by atoms with Crippen LogP contribution in [0.3, 0.4) is 0 Å². The molecule has 2 aromatic rings. The first kappa shape index (κ1) is 17.4. The van der Waals surface area contributed by atoms with Gasteiger partial charge in [-0.25, -0.2) is 0 Å². The van der Waals surface area contributed by atoms with Gasteiger partial charge in [0.05, 0.1) is 6.04 Å². The Morgan fingerprint density at radius 3 is 2.76 bits per heavy atom. The van der Waals surface area contributed by atoms with Gasteiger partial charge in [0.1, 0.15) is 6.61 Å². The first-order valence-corrected chi connectivity index (χ1v) is 8.24. The third-order valence-electron chi connectivity index (χ3n) is 3.93. The number of amides is 1. The molecule has 132 valence electrons. The Morgan fingerprint density at radius 2 is 2.00 bits per heavy atom. The number of fused-ring (bicyclic) bond motifs is 1. The summed E-state index contributed by atoms with van der Waals surface area (Å²) in [5, 5.41) is 3.70. The third kappa shape index (κ3) is 3.97.